The first kappa shape index (κ1) is 14.4. The molecule has 114 valence electrons. The standard InChI is InChI=1S/C16H23N3O2/c1-12(2)13-8-16(21-10-13)4-3-7-19(11-16)15(20)14-9-17-5-6-18-14/h5-6,9,12-13H,3-4,7-8,10-11H2,1-2H3. The molecule has 0 saturated carbocycles. The molecule has 2 unspecified atom stereocenters. The third-order valence-corrected chi connectivity index (χ3v) is 4.79. The number of amides is 1. The molecule has 3 heterocycles. The van der Waals surface area contributed by atoms with E-state index in [-0.39, 0.29) is 11.5 Å². The van der Waals surface area contributed by atoms with Crippen LogP contribution >= 0.6 is 0 Å². The Kier molecular flexibility index (Phi) is 3.93. The summed E-state index contributed by atoms with van der Waals surface area (Å²) in [5.41, 5.74) is 0.290. The predicted octanol–water partition coefficient (Wildman–Crippen LogP) is 2.14. The van der Waals surface area contributed by atoms with E-state index >= 15 is 0 Å². The number of aromatic nitrogens is 2. The highest BCUT2D eigenvalue weighted by atomic mass is 16.5. The smallest absolute Gasteiger partial charge is 0.274 e. The van der Waals surface area contributed by atoms with Crippen LogP contribution in [0, 0.1) is 11.8 Å². The van der Waals surface area contributed by atoms with Crippen molar-refractivity contribution in [2.75, 3.05) is 19.7 Å². The Hall–Kier alpha value is -1.49. The van der Waals surface area contributed by atoms with Crippen molar-refractivity contribution in [2.24, 2.45) is 11.8 Å². The maximum atomic E-state index is 12.5. The maximum absolute atomic E-state index is 12.5. The molecule has 0 bridgehead atoms. The van der Waals surface area contributed by atoms with Gasteiger partial charge in [-0.25, -0.2) is 4.98 Å². The molecule has 2 aliphatic heterocycles. The van der Waals surface area contributed by atoms with Crippen molar-refractivity contribution >= 4 is 5.91 Å². The number of hydrogen-bond acceptors (Lipinski definition) is 4. The fourth-order valence-electron chi connectivity index (χ4n) is 3.43. The van der Waals surface area contributed by atoms with Crippen molar-refractivity contribution in [1.29, 1.82) is 0 Å². The molecule has 1 aromatic heterocycles. The van der Waals surface area contributed by atoms with Crippen LogP contribution in [0.2, 0.25) is 0 Å². The maximum Gasteiger partial charge on any atom is 0.274 e. The quantitative estimate of drug-likeness (QED) is 0.837. The lowest BCUT2D eigenvalue weighted by molar-refractivity contribution is -0.0452. The Morgan fingerprint density at radius 3 is 3.00 bits per heavy atom. The molecule has 0 N–H and O–H groups in total. The number of hydrogen-bond donors (Lipinski definition) is 0. The second kappa shape index (κ2) is 5.72. The van der Waals surface area contributed by atoms with Gasteiger partial charge in [0.1, 0.15) is 5.69 Å². The van der Waals surface area contributed by atoms with Crippen molar-refractivity contribution in [3.8, 4) is 0 Å². The van der Waals surface area contributed by atoms with E-state index in [1.807, 2.05) is 4.90 Å². The minimum Gasteiger partial charge on any atom is -0.373 e. The van der Waals surface area contributed by atoms with E-state index in [0.717, 1.165) is 32.4 Å². The molecule has 0 aromatic carbocycles. The molecule has 2 saturated heterocycles. The SMILES string of the molecule is CC(C)C1COC2(CCCN(C(=O)c3cnccn3)C2)C1. The van der Waals surface area contributed by atoms with Gasteiger partial charge in [-0.05, 0) is 31.1 Å². The number of likely N-dealkylation sites (tertiary alicyclic amines) is 1. The number of piperidine rings is 1. The second-order valence-electron chi connectivity index (χ2n) is 6.62. The Labute approximate surface area is 125 Å². The Balaban J connectivity index is 1.71. The van der Waals surface area contributed by atoms with Gasteiger partial charge in [0.15, 0.2) is 0 Å². The molecule has 3 rings (SSSR count). The van der Waals surface area contributed by atoms with E-state index in [4.69, 9.17) is 4.74 Å². The van der Waals surface area contributed by atoms with E-state index in [1.54, 1.807) is 12.4 Å². The summed E-state index contributed by atoms with van der Waals surface area (Å²) in [6.45, 7) is 6.79. The minimum absolute atomic E-state index is 0.0289. The van der Waals surface area contributed by atoms with Crippen LogP contribution in [0.5, 0.6) is 0 Å². The van der Waals surface area contributed by atoms with Gasteiger partial charge in [0, 0.05) is 18.9 Å². The van der Waals surface area contributed by atoms with E-state index in [1.165, 1.54) is 6.20 Å². The molecular weight excluding hydrogens is 266 g/mol. The van der Waals surface area contributed by atoms with Gasteiger partial charge in [-0.3, -0.25) is 9.78 Å². The lowest BCUT2D eigenvalue weighted by Gasteiger charge is -2.39. The second-order valence-corrected chi connectivity index (χ2v) is 6.62. The third-order valence-electron chi connectivity index (χ3n) is 4.79. The first-order valence-electron chi connectivity index (χ1n) is 7.79. The lowest BCUT2D eigenvalue weighted by atomic mass is 9.83. The van der Waals surface area contributed by atoms with Crippen LogP contribution in [-0.2, 0) is 4.74 Å². The molecule has 0 aliphatic carbocycles. The molecule has 0 radical (unpaired) electrons. The van der Waals surface area contributed by atoms with Gasteiger partial charge in [-0.15, -0.1) is 0 Å². The van der Waals surface area contributed by atoms with Crippen molar-refractivity contribution in [2.45, 2.75) is 38.7 Å². The zero-order chi connectivity index (χ0) is 14.9. The highest BCUT2D eigenvalue weighted by Crippen LogP contribution is 2.40. The average Bonchev–Trinajstić information content (AvgIpc) is 2.91. The average molecular weight is 289 g/mol. The molecule has 1 aromatic rings. The Morgan fingerprint density at radius 2 is 2.33 bits per heavy atom. The topological polar surface area (TPSA) is 55.3 Å². The lowest BCUT2D eigenvalue weighted by Crippen LogP contribution is -2.50. The van der Waals surface area contributed by atoms with Gasteiger partial charge in [0.05, 0.1) is 24.9 Å². The summed E-state index contributed by atoms with van der Waals surface area (Å²) in [5, 5.41) is 0. The normalized spacial score (nSPS) is 29.3. The molecule has 1 amide bonds. The van der Waals surface area contributed by atoms with Gasteiger partial charge in [-0.2, -0.15) is 0 Å². The van der Waals surface area contributed by atoms with Gasteiger partial charge >= 0.3 is 0 Å². The molecule has 2 fully saturated rings. The number of carbonyl (C=O) groups is 1. The largest absolute Gasteiger partial charge is 0.373 e. The number of ether oxygens (including phenoxy) is 1. The molecule has 2 aliphatic rings. The summed E-state index contributed by atoms with van der Waals surface area (Å²) >= 11 is 0. The zero-order valence-electron chi connectivity index (χ0n) is 12.8. The summed E-state index contributed by atoms with van der Waals surface area (Å²) in [7, 11) is 0. The molecule has 2 atom stereocenters. The molecule has 5 heteroatoms. The van der Waals surface area contributed by atoms with Gasteiger partial charge in [0.25, 0.3) is 5.91 Å². The van der Waals surface area contributed by atoms with Gasteiger partial charge in [-0.1, -0.05) is 13.8 Å². The molecule has 1 spiro atoms. The summed E-state index contributed by atoms with van der Waals surface area (Å²) in [4.78, 5) is 22.5. The molecular formula is C16H23N3O2. The monoisotopic (exact) mass is 289 g/mol. The van der Waals surface area contributed by atoms with Crippen LogP contribution in [0.25, 0.3) is 0 Å². The first-order chi connectivity index (χ1) is 10.1. The molecule has 21 heavy (non-hydrogen) atoms. The summed E-state index contributed by atoms with van der Waals surface area (Å²) < 4.78 is 6.14. The van der Waals surface area contributed by atoms with Crippen molar-refractivity contribution in [3.63, 3.8) is 0 Å². The summed E-state index contributed by atoms with van der Waals surface area (Å²) in [6, 6.07) is 0. The van der Waals surface area contributed by atoms with E-state index in [2.05, 4.69) is 23.8 Å². The zero-order valence-corrected chi connectivity index (χ0v) is 12.8. The van der Waals surface area contributed by atoms with Crippen LogP contribution in [0.1, 0.15) is 43.6 Å². The van der Waals surface area contributed by atoms with Crippen LogP contribution in [0.4, 0.5) is 0 Å². The van der Waals surface area contributed by atoms with Crippen molar-refractivity contribution in [3.05, 3.63) is 24.3 Å². The summed E-state index contributed by atoms with van der Waals surface area (Å²) in [5.74, 6) is 1.21. The number of rotatable bonds is 2. The fraction of sp³-hybridized carbons (Fsp3) is 0.688. The van der Waals surface area contributed by atoms with Crippen LogP contribution in [-0.4, -0.2) is 46.1 Å². The third kappa shape index (κ3) is 2.93. The van der Waals surface area contributed by atoms with Crippen molar-refractivity contribution in [1.82, 2.24) is 14.9 Å². The molecule has 5 nitrogen and oxygen atoms in total. The fourth-order valence-corrected chi connectivity index (χ4v) is 3.43. The highest BCUT2D eigenvalue weighted by molar-refractivity contribution is 5.92. The Bertz CT molecular complexity index is 506. The minimum atomic E-state index is -0.134. The van der Waals surface area contributed by atoms with Crippen LogP contribution < -0.4 is 0 Å². The van der Waals surface area contributed by atoms with Gasteiger partial charge in [0.2, 0.25) is 0 Å². The summed E-state index contributed by atoms with van der Waals surface area (Å²) in [6.07, 6.45) is 7.80. The van der Waals surface area contributed by atoms with Crippen molar-refractivity contribution < 1.29 is 9.53 Å². The van der Waals surface area contributed by atoms with Gasteiger partial charge < -0.3 is 9.64 Å². The van der Waals surface area contributed by atoms with E-state index in [0.29, 0.717) is 24.1 Å². The van der Waals surface area contributed by atoms with E-state index in [9.17, 15) is 4.79 Å². The number of nitrogens with zero attached hydrogens (tertiary/aromatic N) is 3. The van der Waals surface area contributed by atoms with E-state index < -0.39 is 0 Å². The highest BCUT2D eigenvalue weighted by Gasteiger charge is 2.45. The van der Waals surface area contributed by atoms with Crippen LogP contribution in [0.3, 0.4) is 0 Å². The predicted molar refractivity (Wildman–Crippen MR) is 78.8 cm³/mol. The first-order valence-corrected chi connectivity index (χ1v) is 7.79. The number of carbonyl (C=O) groups excluding carboxylic acids is 1. The Morgan fingerprint density at radius 1 is 1.48 bits per heavy atom. The van der Waals surface area contributed by atoms with Crippen LogP contribution in [0.15, 0.2) is 18.6 Å².